The number of benzene rings is 6. The molecule has 1 aliphatic carbocycles. The highest BCUT2D eigenvalue weighted by Crippen LogP contribution is 2.51. The molecule has 6 aromatic rings. The van der Waals surface area contributed by atoms with E-state index in [1.54, 1.807) is 12.1 Å². The Balaban J connectivity index is 1.39. The molecule has 2 N–H and O–H groups in total. The van der Waals surface area contributed by atoms with E-state index in [1.807, 2.05) is 36.4 Å². The van der Waals surface area contributed by atoms with Crippen molar-refractivity contribution in [3.63, 3.8) is 0 Å². The molecule has 0 atom stereocenters. The molecule has 1 aliphatic rings. The number of hydrogen-bond donors (Lipinski definition) is 2. The highest BCUT2D eigenvalue weighted by Gasteiger charge is 2.38. The lowest BCUT2D eigenvalue weighted by Gasteiger charge is -2.28. The van der Waals surface area contributed by atoms with E-state index >= 15 is 0 Å². The lowest BCUT2D eigenvalue weighted by atomic mass is 9.75. The zero-order chi connectivity index (χ0) is 25.1. The monoisotopic (exact) mass is 478 g/mol. The summed E-state index contributed by atoms with van der Waals surface area (Å²) in [6, 6.07) is 39.3. The molecule has 0 heterocycles. The molecular weight excluding hydrogens is 452 g/mol. The van der Waals surface area contributed by atoms with E-state index in [1.165, 1.54) is 27.8 Å². The first-order chi connectivity index (χ1) is 18.0. The normalized spacial score (nSPS) is 13.5. The van der Waals surface area contributed by atoms with Crippen LogP contribution >= 0.6 is 0 Å². The van der Waals surface area contributed by atoms with Crippen LogP contribution in [0.1, 0.15) is 23.6 Å². The molecule has 0 saturated heterocycles. The zero-order valence-electron chi connectivity index (χ0n) is 20.6. The Morgan fingerprint density at radius 2 is 1.08 bits per heavy atom. The molecule has 0 fully saturated rings. The van der Waals surface area contributed by atoms with Crippen LogP contribution in [0.5, 0.6) is 11.5 Å². The maximum Gasteiger partial charge on any atom is 0.124 e. The quantitative estimate of drug-likeness (QED) is 0.267. The SMILES string of the molecule is CC1(Cc2ccc3c(-c4c(O)ccc5ccccc45)c(O)ccc3c2)c2ccccc2-c2ccccc21. The Bertz CT molecular complexity index is 1800. The first-order valence-corrected chi connectivity index (χ1v) is 12.7. The predicted octanol–water partition coefficient (Wildman–Crippen LogP) is 8.60. The number of phenols is 2. The maximum atomic E-state index is 11.0. The molecular formula is C35H26O2. The maximum absolute atomic E-state index is 11.0. The van der Waals surface area contributed by atoms with Gasteiger partial charge in [0.25, 0.3) is 0 Å². The fraction of sp³-hybridized carbons (Fsp3) is 0.0857. The zero-order valence-corrected chi connectivity index (χ0v) is 20.6. The van der Waals surface area contributed by atoms with Crippen LogP contribution in [-0.2, 0) is 11.8 Å². The van der Waals surface area contributed by atoms with Gasteiger partial charge in [-0.1, -0.05) is 110 Å². The molecule has 2 heteroatoms. The third kappa shape index (κ3) is 3.19. The fourth-order valence-electron chi connectivity index (χ4n) is 6.41. The van der Waals surface area contributed by atoms with Crippen molar-refractivity contribution >= 4 is 21.5 Å². The third-order valence-corrected chi connectivity index (χ3v) is 8.11. The average Bonchev–Trinajstić information content (AvgIpc) is 3.18. The number of rotatable bonds is 3. The molecule has 0 unspecified atom stereocenters. The van der Waals surface area contributed by atoms with Crippen molar-refractivity contribution in [3.8, 4) is 33.8 Å². The standard InChI is InChI=1S/C35H26O2/c1-35(29-12-6-4-10-27(29)28-11-5-7-13-30(28)35)21-22-14-17-26-24(20-22)16-19-32(37)34(26)33-25-9-3-2-8-23(25)15-18-31(33)36/h2-20,36-37H,21H2,1H3. The molecule has 0 bridgehead atoms. The summed E-state index contributed by atoms with van der Waals surface area (Å²) in [6.07, 6.45) is 0.868. The summed E-state index contributed by atoms with van der Waals surface area (Å²) in [6.45, 7) is 2.35. The predicted molar refractivity (Wildman–Crippen MR) is 152 cm³/mol. The molecule has 0 radical (unpaired) electrons. The summed E-state index contributed by atoms with van der Waals surface area (Å²) in [7, 11) is 0. The first-order valence-electron chi connectivity index (χ1n) is 12.7. The highest BCUT2D eigenvalue weighted by molar-refractivity contribution is 6.09. The van der Waals surface area contributed by atoms with Gasteiger partial charge in [0.2, 0.25) is 0 Å². The number of phenolic OH excluding ortho intramolecular Hbond substituents is 2. The van der Waals surface area contributed by atoms with Crippen molar-refractivity contribution in [3.05, 3.63) is 132 Å². The largest absolute Gasteiger partial charge is 0.507 e. The minimum Gasteiger partial charge on any atom is -0.507 e. The topological polar surface area (TPSA) is 40.5 Å². The van der Waals surface area contributed by atoms with Crippen LogP contribution in [0.15, 0.2) is 115 Å². The molecule has 2 nitrogen and oxygen atoms in total. The van der Waals surface area contributed by atoms with Crippen LogP contribution in [0.3, 0.4) is 0 Å². The minimum absolute atomic E-state index is 0.130. The van der Waals surface area contributed by atoms with Gasteiger partial charge in [-0.25, -0.2) is 0 Å². The lowest BCUT2D eigenvalue weighted by Crippen LogP contribution is -2.23. The van der Waals surface area contributed by atoms with Gasteiger partial charge in [-0.05, 0) is 67.9 Å². The van der Waals surface area contributed by atoms with Gasteiger partial charge >= 0.3 is 0 Å². The second kappa shape index (κ2) is 7.97. The fourth-order valence-corrected chi connectivity index (χ4v) is 6.41. The molecule has 178 valence electrons. The van der Waals surface area contributed by atoms with Gasteiger partial charge in [0.05, 0.1) is 0 Å². The van der Waals surface area contributed by atoms with E-state index < -0.39 is 0 Å². The second-order valence-electron chi connectivity index (χ2n) is 10.3. The van der Waals surface area contributed by atoms with E-state index in [9.17, 15) is 10.2 Å². The van der Waals surface area contributed by atoms with E-state index in [4.69, 9.17) is 0 Å². The van der Waals surface area contributed by atoms with Gasteiger partial charge in [-0.3, -0.25) is 0 Å². The van der Waals surface area contributed by atoms with E-state index in [-0.39, 0.29) is 16.9 Å². The van der Waals surface area contributed by atoms with E-state index in [2.05, 4.69) is 73.7 Å². The molecule has 0 aliphatic heterocycles. The van der Waals surface area contributed by atoms with Gasteiger partial charge in [0, 0.05) is 16.5 Å². The Morgan fingerprint density at radius 1 is 0.541 bits per heavy atom. The highest BCUT2D eigenvalue weighted by atomic mass is 16.3. The van der Waals surface area contributed by atoms with Crippen molar-refractivity contribution in [2.75, 3.05) is 0 Å². The van der Waals surface area contributed by atoms with Gasteiger partial charge < -0.3 is 10.2 Å². The minimum atomic E-state index is -0.130. The average molecular weight is 479 g/mol. The smallest absolute Gasteiger partial charge is 0.124 e. The van der Waals surface area contributed by atoms with Crippen LogP contribution in [0.25, 0.3) is 43.8 Å². The number of aromatic hydroxyl groups is 2. The Kier molecular flexibility index (Phi) is 4.68. The Morgan fingerprint density at radius 3 is 1.76 bits per heavy atom. The summed E-state index contributed by atoms with van der Waals surface area (Å²) in [5.41, 5.74) is 7.81. The van der Waals surface area contributed by atoms with Crippen LogP contribution in [0.4, 0.5) is 0 Å². The Hall–Kier alpha value is -4.56. The van der Waals surface area contributed by atoms with Crippen molar-refractivity contribution in [2.24, 2.45) is 0 Å². The van der Waals surface area contributed by atoms with E-state index in [0.29, 0.717) is 11.1 Å². The van der Waals surface area contributed by atoms with Crippen LogP contribution in [-0.4, -0.2) is 10.2 Å². The molecule has 7 rings (SSSR count). The van der Waals surface area contributed by atoms with Crippen molar-refractivity contribution in [1.29, 1.82) is 0 Å². The van der Waals surface area contributed by atoms with Gasteiger partial charge in [0.1, 0.15) is 11.5 Å². The van der Waals surface area contributed by atoms with Crippen LogP contribution in [0.2, 0.25) is 0 Å². The van der Waals surface area contributed by atoms with Gasteiger partial charge in [0.15, 0.2) is 0 Å². The lowest BCUT2D eigenvalue weighted by molar-refractivity contribution is 0.470. The molecule has 0 spiro atoms. The molecule has 6 aromatic carbocycles. The van der Waals surface area contributed by atoms with E-state index in [0.717, 1.165) is 28.0 Å². The summed E-state index contributed by atoms with van der Waals surface area (Å²) in [5.74, 6) is 0.328. The van der Waals surface area contributed by atoms with Crippen molar-refractivity contribution in [1.82, 2.24) is 0 Å². The third-order valence-electron chi connectivity index (χ3n) is 8.11. The van der Waals surface area contributed by atoms with Crippen LogP contribution < -0.4 is 0 Å². The molecule has 0 amide bonds. The number of hydrogen-bond acceptors (Lipinski definition) is 2. The molecule has 0 saturated carbocycles. The van der Waals surface area contributed by atoms with Gasteiger partial charge in [-0.15, -0.1) is 0 Å². The molecule has 0 aromatic heterocycles. The van der Waals surface area contributed by atoms with Crippen LogP contribution in [0, 0.1) is 0 Å². The number of fused-ring (bicyclic) bond motifs is 5. The summed E-state index contributed by atoms with van der Waals surface area (Å²) >= 11 is 0. The Labute approximate surface area is 216 Å². The summed E-state index contributed by atoms with van der Waals surface area (Å²) < 4.78 is 0. The first kappa shape index (κ1) is 21.7. The summed E-state index contributed by atoms with van der Waals surface area (Å²) in [4.78, 5) is 0. The summed E-state index contributed by atoms with van der Waals surface area (Å²) in [5, 5.41) is 25.8. The molecule has 37 heavy (non-hydrogen) atoms. The van der Waals surface area contributed by atoms with Crippen molar-refractivity contribution < 1.29 is 10.2 Å². The second-order valence-corrected chi connectivity index (χ2v) is 10.3. The van der Waals surface area contributed by atoms with Crippen molar-refractivity contribution in [2.45, 2.75) is 18.8 Å². The van der Waals surface area contributed by atoms with Gasteiger partial charge in [-0.2, -0.15) is 0 Å².